The first kappa shape index (κ1) is 45.3. The molecular formula is C40H48FN7O13S2. The number of benzene rings is 2. The molecule has 63 heavy (non-hydrogen) atoms. The third-order valence-corrected chi connectivity index (χ3v) is 15.2. The van der Waals surface area contributed by atoms with Crippen LogP contribution in [-0.2, 0) is 57.0 Å². The molecule has 5 amide bonds. The van der Waals surface area contributed by atoms with Crippen LogP contribution in [0, 0.1) is 21.8 Å². The summed E-state index contributed by atoms with van der Waals surface area (Å²) < 4.78 is 83.0. The van der Waals surface area contributed by atoms with Crippen LogP contribution >= 0.6 is 0 Å². The second-order valence-electron chi connectivity index (χ2n) is 17.3. The van der Waals surface area contributed by atoms with Gasteiger partial charge in [-0.3, -0.25) is 34.1 Å². The van der Waals surface area contributed by atoms with Gasteiger partial charge in [-0.2, -0.15) is 4.31 Å². The molecule has 1 saturated heterocycles. The lowest BCUT2D eigenvalue weighted by Crippen LogP contribution is -2.58. The summed E-state index contributed by atoms with van der Waals surface area (Å²) in [6, 6.07) is 6.26. The predicted octanol–water partition coefficient (Wildman–Crippen LogP) is 2.57. The van der Waals surface area contributed by atoms with Gasteiger partial charge in [0.2, 0.25) is 31.9 Å². The summed E-state index contributed by atoms with van der Waals surface area (Å²) in [5, 5.41) is 16.3. The molecule has 3 N–H and O–H groups in total. The van der Waals surface area contributed by atoms with E-state index in [1.165, 1.54) is 41.3 Å². The number of carbonyl (C=O) groups excluding carboxylic acids is 5. The maximum atomic E-state index is 14.7. The Hall–Kier alpha value is -5.68. The highest BCUT2D eigenvalue weighted by Crippen LogP contribution is 2.46. The van der Waals surface area contributed by atoms with Crippen molar-refractivity contribution in [3.05, 3.63) is 81.7 Å². The second kappa shape index (κ2) is 17.1. The molecule has 0 aromatic heterocycles. The summed E-state index contributed by atoms with van der Waals surface area (Å²) in [5.74, 6) is -4.21. The third-order valence-electron chi connectivity index (χ3n) is 11.5. The molecule has 3 heterocycles. The summed E-state index contributed by atoms with van der Waals surface area (Å²) in [5.41, 5.74) is -2.71. The number of alkyl carbamates (subject to hydrolysis) is 1. The molecular weight excluding hydrogens is 870 g/mol. The summed E-state index contributed by atoms with van der Waals surface area (Å²) in [4.78, 5) is 82.5. The van der Waals surface area contributed by atoms with Crippen LogP contribution in [0.4, 0.5) is 19.7 Å². The van der Waals surface area contributed by atoms with E-state index in [0.29, 0.717) is 24.0 Å². The van der Waals surface area contributed by atoms with Crippen molar-refractivity contribution in [3.8, 4) is 0 Å². The van der Waals surface area contributed by atoms with Crippen molar-refractivity contribution in [2.24, 2.45) is 5.92 Å². The number of para-hydroxylation sites is 1. The van der Waals surface area contributed by atoms with Crippen molar-refractivity contribution in [2.75, 3.05) is 19.6 Å². The number of rotatable bonds is 8. The van der Waals surface area contributed by atoms with Gasteiger partial charge in [0.25, 0.3) is 11.6 Å². The molecule has 2 aromatic carbocycles. The molecule has 20 nitrogen and oxygen atoms in total. The van der Waals surface area contributed by atoms with E-state index in [1.807, 2.05) is 0 Å². The average molecular weight is 918 g/mol. The molecule has 0 bridgehead atoms. The number of nitro groups is 1. The van der Waals surface area contributed by atoms with E-state index in [2.05, 4.69) is 15.4 Å². The zero-order chi connectivity index (χ0) is 45.6. The lowest BCUT2D eigenvalue weighted by molar-refractivity contribution is -0.387. The van der Waals surface area contributed by atoms with Crippen LogP contribution in [0.15, 0.2) is 59.5 Å². The van der Waals surface area contributed by atoms with Crippen LogP contribution in [-0.4, -0.2) is 120 Å². The van der Waals surface area contributed by atoms with Crippen molar-refractivity contribution in [1.82, 2.24) is 29.5 Å². The summed E-state index contributed by atoms with van der Waals surface area (Å²) in [7, 11) is -8.76. The van der Waals surface area contributed by atoms with E-state index in [-0.39, 0.29) is 51.9 Å². The standard InChI is InChI=1S/C40H48FN7O13S2/c1-39(2,3)61-37(52)42-30-12-8-18-46(63(58,59)33-14-5-4-13-31(33)48(54)55)17-7-10-25-20-40(25,36(51)44-62(56,57)27-15-16-27)43-34(49)32-19-26(22-47(32)35(30)50)60-38(53)45-21-24-9-6-11-29(41)28(24)23-45/h4-7,9-11,13-14,25-27,30,32H,8,12,15-23H2,1-3H3,(H,42,52)(H,43,49)(H,44,51)/b10-7-/t25-,26-,30+,32+,40-/m1/s1. The van der Waals surface area contributed by atoms with E-state index >= 15 is 0 Å². The number of hydrogen-bond acceptors (Lipinski definition) is 13. The zero-order valence-electron chi connectivity index (χ0n) is 34.7. The van der Waals surface area contributed by atoms with Crippen LogP contribution in [0.2, 0.25) is 0 Å². The smallest absolute Gasteiger partial charge is 0.410 e. The van der Waals surface area contributed by atoms with Gasteiger partial charge in [0.05, 0.1) is 23.3 Å². The fraction of sp³-hybridized carbons (Fsp3) is 0.525. The van der Waals surface area contributed by atoms with Crippen molar-refractivity contribution >= 4 is 55.6 Å². The lowest BCUT2D eigenvalue weighted by Gasteiger charge is -2.30. The van der Waals surface area contributed by atoms with Gasteiger partial charge in [0.15, 0.2) is 4.90 Å². The Morgan fingerprint density at radius 3 is 2.43 bits per heavy atom. The van der Waals surface area contributed by atoms with E-state index in [4.69, 9.17) is 9.47 Å². The highest BCUT2D eigenvalue weighted by Gasteiger charge is 2.62. The lowest BCUT2D eigenvalue weighted by atomic mass is 10.1. The van der Waals surface area contributed by atoms with E-state index in [0.717, 1.165) is 21.3 Å². The summed E-state index contributed by atoms with van der Waals surface area (Å²) >= 11 is 0. The predicted molar refractivity (Wildman–Crippen MR) is 218 cm³/mol. The van der Waals surface area contributed by atoms with Gasteiger partial charge in [-0.05, 0) is 70.6 Å². The van der Waals surface area contributed by atoms with E-state index < -0.39 is 118 Å². The quantitative estimate of drug-likeness (QED) is 0.196. The fourth-order valence-corrected chi connectivity index (χ4v) is 11.0. The largest absolute Gasteiger partial charge is 0.444 e. The molecule has 0 spiro atoms. The van der Waals surface area contributed by atoms with Crippen molar-refractivity contribution in [1.29, 1.82) is 0 Å². The Bertz CT molecular complexity index is 2480. The van der Waals surface area contributed by atoms with Gasteiger partial charge in [-0.15, -0.1) is 0 Å². The van der Waals surface area contributed by atoms with Crippen molar-refractivity contribution < 1.29 is 59.6 Å². The number of amides is 5. The third kappa shape index (κ3) is 9.78. The van der Waals surface area contributed by atoms with Gasteiger partial charge in [0.1, 0.15) is 35.1 Å². The highest BCUT2D eigenvalue weighted by atomic mass is 32.2. The number of carbonyl (C=O) groups is 5. The molecule has 7 rings (SSSR count). The zero-order valence-corrected chi connectivity index (χ0v) is 36.3. The van der Waals surface area contributed by atoms with Gasteiger partial charge >= 0.3 is 12.2 Å². The summed E-state index contributed by atoms with van der Waals surface area (Å²) in [6.45, 7) is 3.58. The number of hydrogen-bond donors (Lipinski definition) is 3. The van der Waals surface area contributed by atoms with E-state index in [9.17, 15) is 55.3 Å². The summed E-state index contributed by atoms with van der Waals surface area (Å²) in [6.07, 6.45) is -0.335. The van der Waals surface area contributed by atoms with Crippen LogP contribution in [0.3, 0.4) is 0 Å². The van der Waals surface area contributed by atoms with Crippen LogP contribution < -0.4 is 15.4 Å². The molecule has 5 aliphatic rings. The monoisotopic (exact) mass is 917 g/mol. The number of nitrogens with one attached hydrogen (secondary N) is 3. The number of ether oxygens (including phenoxy) is 2. The highest BCUT2D eigenvalue weighted by molar-refractivity contribution is 7.91. The van der Waals surface area contributed by atoms with Crippen molar-refractivity contribution in [2.45, 2.75) is 112 Å². The Kier molecular flexibility index (Phi) is 12.3. The number of sulfonamides is 2. The molecule has 2 saturated carbocycles. The van der Waals surface area contributed by atoms with Gasteiger partial charge in [-0.1, -0.05) is 36.4 Å². The maximum absolute atomic E-state index is 14.7. The molecule has 2 aliphatic carbocycles. The number of nitro benzene ring substituents is 1. The first-order chi connectivity index (χ1) is 29.6. The number of fused-ring (bicyclic) bond motifs is 3. The first-order valence-electron chi connectivity index (χ1n) is 20.4. The van der Waals surface area contributed by atoms with Gasteiger partial charge in [0, 0.05) is 43.6 Å². The van der Waals surface area contributed by atoms with E-state index in [1.54, 1.807) is 26.8 Å². The normalized spacial score (nSPS) is 26.2. The number of halogens is 1. The second-order valence-corrected chi connectivity index (χ2v) is 21.2. The molecule has 23 heteroatoms. The molecule has 3 fully saturated rings. The molecule has 2 aromatic rings. The van der Waals surface area contributed by atoms with Crippen LogP contribution in [0.25, 0.3) is 0 Å². The topological polar surface area (TPSA) is 261 Å². The molecule has 3 aliphatic heterocycles. The first-order valence-corrected chi connectivity index (χ1v) is 23.4. The van der Waals surface area contributed by atoms with Crippen molar-refractivity contribution in [3.63, 3.8) is 0 Å². The van der Waals surface area contributed by atoms with Crippen LogP contribution in [0.1, 0.15) is 70.4 Å². The minimum atomic E-state index is -4.63. The maximum Gasteiger partial charge on any atom is 0.410 e. The minimum absolute atomic E-state index is 0.0355. The molecule has 340 valence electrons. The van der Waals surface area contributed by atoms with Gasteiger partial charge in [-0.25, -0.2) is 30.8 Å². The average Bonchev–Trinajstić information content (AvgIpc) is 4.09. The Morgan fingerprint density at radius 2 is 1.75 bits per heavy atom. The molecule has 0 unspecified atom stereocenters. The van der Waals surface area contributed by atoms with Crippen LogP contribution in [0.5, 0.6) is 0 Å². The molecule has 5 atom stereocenters. The fourth-order valence-electron chi connectivity index (χ4n) is 8.07. The van der Waals surface area contributed by atoms with Gasteiger partial charge < -0.3 is 25.0 Å². The Balaban J connectivity index is 1.22. The Labute approximate surface area is 362 Å². The Morgan fingerprint density at radius 1 is 1.02 bits per heavy atom. The molecule has 0 radical (unpaired) electrons. The number of nitrogens with zero attached hydrogens (tertiary/aromatic N) is 4. The SMILES string of the molecule is CC(C)(C)OC(=O)N[C@H]1CCCN(S(=O)(=O)c2ccccc2[N+](=O)[O-])C/C=C\[C@@H]2C[C@@]2(C(=O)NS(=O)(=O)C2CC2)NC(=O)[C@@H]2C[C@@H](OC(=O)N3Cc4cccc(F)c4C3)CN2C1=O. The minimum Gasteiger partial charge on any atom is -0.444 e.